The molecular weight excluding hydrogens is 176 g/mol. The van der Waals surface area contributed by atoms with Crippen LogP contribution in [0.15, 0.2) is 29.2 Å². The number of fused-ring (bicyclic) bond motifs is 2. The van der Waals surface area contributed by atoms with E-state index in [2.05, 4.69) is 17.0 Å². The molecule has 0 heterocycles. The van der Waals surface area contributed by atoms with E-state index in [9.17, 15) is 0 Å². The standard InChI is InChI=1S/C10H16N4/c1-6(14-12)13-10-8-3-2-7(4-8)9(10)5-11/h5,7-8,14H,1-4,11-12H2/b9-5-,13-10?/t7?,8-/m0/s1. The average Bonchev–Trinajstić information content (AvgIpc) is 2.77. The van der Waals surface area contributed by atoms with E-state index in [1.807, 2.05) is 0 Å². The molecule has 0 aliphatic heterocycles. The van der Waals surface area contributed by atoms with Crippen LogP contribution in [0, 0.1) is 11.8 Å². The maximum atomic E-state index is 5.60. The van der Waals surface area contributed by atoms with Gasteiger partial charge in [-0.25, -0.2) is 10.8 Å². The Morgan fingerprint density at radius 1 is 1.50 bits per heavy atom. The SMILES string of the molecule is C=C(N=C1/C(=C\N)C2CC[C@H]1C2)NN. The maximum Gasteiger partial charge on any atom is 0.132 e. The van der Waals surface area contributed by atoms with E-state index in [-0.39, 0.29) is 0 Å². The number of hydrogen-bond acceptors (Lipinski definition) is 4. The van der Waals surface area contributed by atoms with Gasteiger partial charge in [0.1, 0.15) is 5.82 Å². The number of rotatable bonds is 2. The molecule has 4 heteroatoms. The Balaban J connectivity index is 2.27. The monoisotopic (exact) mass is 192 g/mol. The van der Waals surface area contributed by atoms with Gasteiger partial charge >= 0.3 is 0 Å². The molecule has 4 nitrogen and oxygen atoms in total. The summed E-state index contributed by atoms with van der Waals surface area (Å²) in [5.74, 6) is 6.92. The molecular formula is C10H16N4. The number of nitrogens with one attached hydrogen (secondary N) is 1. The number of aliphatic imine (C=N–C) groups is 1. The first-order chi connectivity index (χ1) is 6.76. The fourth-order valence-electron chi connectivity index (χ4n) is 2.51. The lowest BCUT2D eigenvalue weighted by molar-refractivity contribution is 0.678. The molecule has 0 spiro atoms. The van der Waals surface area contributed by atoms with E-state index in [1.165, 1.54) is 24.8 Å². The van der Waals surface area contributed by atoms with Gasteiger partial charge in [-0.05, 0) is 37.0 Å². The quantitative estimate of drug-likeness (QED) is 0.444. The van der Waals surface area contributed by atoms with Crippen LogP contribution in [0.1, 0.15) is 19.3 Å². The van der Waals surface area contributed by atoms with Gasteiger partial charge in [-0.3, -0.25) is 0 Å². The van der Waals surface area contributed by atoms with Crippen LogP contribution in [0.4, 0.5) is 0 Å². The predicted octanol–water partition coefficient (Wildman–Crippen LogP) is 0.634. The number of hydrogen-bond donors (Lipinski definition) is 3. The number of hydrazine groups is 1. The molecule has 2 saturated carbocycles. The molecule has 0 amide bonds. The van der Waals surface area contributed by atoms with Crippen molar-refractivity contribution in [3.8, 4) is 0 Å². The van der Waals surface area contributed by atoms with Gasteiger partial charge < -0.3 is 11.2 Å². The summed E-state index contributed by atoms with van der Waals surface area (Å²) in [5, 5.41) is 0. The van der Waals surface area contributed by atoms with E-state index < -0.39 is 0 Å². The highest BCUT2D eigenvalue weighted by molar-refractivity contribution is 6.05. The molecule has 0 aromatic heterocycles. The van der Waals surface area contributed by atoms with Gasteiger partial charge in [0.15, 0.2) is 0 Å². The average molecular weight is 192 g/mol. The summed E-state index contributed by atoms with van der Waals surface area (Å²) in [5.41, 5.74) is 10.3. The zero-order valence-corrected chi connectivity index (χ0v) is 8.16. The van der Waals surface area contributed by atoms with Crippen molar-refractivity contribution in [2.45, 2.75) is 19.3 Å². The van der Waals surface area contributed by atoms with Gasteiger partial charge in [0, 0.05) is 5.92 Å². The van der Waals surface area contributed by atoms with Gasteiger partial charge in [-0.15, -0.1) is 0 Å². The van der Waals surface area contributed by atoms with Crippen molar-refractivity contribution >= 4 is 5.71 Å². The van der Waals surface area contributed by atoms with E-state index in [4.69, 9.17) is 11.6 Å². The van der Waals surface area contributed by atoms with Crippen LogP contribution in [-0.2, 0) is 0 Å². The van der Waals surface area contributed by atoms with Gasteiger partial charge in [-0.2, -0.15) is 0 Å². The molecule has 0 saturated heterocycles. The molecule has 2 aliphatic rings. The first kappa shape index (κ1) is 9.27. The molecule has 1 unspecified atom stereocenters. The van der Waals surface area contributed by atoms with Crippen LogP contribution in [0.5, 0.6) is 0 Å². The van der Waals surface area contributed by atoms with Crippen molar-refractivity contribution in [2.75, 3.05) is 0 Å². The second-order valence-electron chi connectivity index (χ2n) is 3.92. The molecule has 2 bridgehead atoms. The van der Waals surface area contributed by atoms with Crippen LogP contribution in [0.3, 0.4) is 0 Å². The summed E-state index contributed by atoms with van der Waals surface area (Å²) < 4.78 is 0. The van der Waals surface area contributed by atoms with Crippen LogP contribution in [-0.4, -0.2) is 5.71 Å². The van der Waals surface area contributed by atoms with Gasteiger partial charge in [0.2, 0.25) is 0 Å². The molecule has 5 N–H and O–H groups in total. The second-order valence-corrected chi connectivity index (χ2v) is 3.92. The molecule has 14 heavy (non-hydrogen) atoms. The first-order valence-corrected chi connectivity index (χ1v) is 4.92. The summed E-state index contributed by atoms with van der Waals surface area (Å²) in [4.78, 5) is 4.37. The van der Waals surface area contributed by atoms with Gasteiger partial charge in [-0.1, -0.05) is 6.58 Å². The molecule has 0 radical (unpaired) electrons. The van der Waals surface area contributed by atoms with Crippen molar-refractivity contribution in [2.24, 2.45) is 28.4 Å². The normalized spacial score (nSPS) is 35.5. The minimum Gasteiger partial charge on any atom is -0.404 e. The summed E-state index contributed by atoms with van der Waals surface area (Å²) >= 11 is 0. The fourth-order valence-corrected chi connectivity index (χ4v) is 2.51. The third-order valence-electron chi connectivity index (χ3n) is 3.16. The first-order valence-electron chi connectivity index (χ1n) is 4.92. The largest absolute Gasteiger partial charge is 0.404 e. The van der Waals surface area contributed by atoms with E-state index in [0.29, 0.717) is 17.7 Å². The fraction of sp³-hybridized carbons (Fsp3) is 0.500. The molecule has 2 rings (SSSR count). The van der Waals surface area contributed by atoms with Gasteiger partial charge in [0.25, 0.3) is 0 Å². The Morgan fingerprint density at radius 3 is 2.86 bits per heavy atom. The van der Waals surface area contributed by atoms with Gasteiger partial charge in [0.05, 0.1) is 5.71 Å². The van der Waals surface area contributed by atoms with E-state index in [0.717, 1.165) is 5.71 Å². The highest BCUT2D eigenvalue weighted by atomic mass is 15.3. The minimum atomic E-state index is 0.506. The van der Waals surface area contributed by atoms with Crippen LogP contribution in [0.25, 0.3) is 0 Å². The van der Waals surface area contributed by atoms with Crippen LogP contribution >= 0.6 is 0 Å². The topological polar surface area (TPSA) is 76.4 Å². The molecule has 2 fully saturated rings. The van der Waals surface area contributed by atoms with Crippen LogP contribution in [0.2, 0.25) is 0 Å². The zero-order valence-electron chi connectivity index (χ0n) is 8.16. The lowest BCUT2D eigenvalue weighted by Crippen LogP contribution is -2.22. The lowest BCUT2D eigenvalue weighted by atomic mass is 9.93. The molecule has 2 atom stereocenters. The summed E-state index contributed by atoms with van der Waals surface area (Å²) in [6.45, 7) is 3.70. The third kappa shape index (κ3) is 1.32. The van der Waals surface area contributed by atoms with Crippen molar-refractivity contribution in [3.05, 3.63) is 24.2 Å². The number of nitrogens with zero attached hydrogens (tertiary/aromatic N) is 1. The second kappa shape index (κ2) is 3.46. The zero-order chi connectivity index (χ0) is 10.1. The summed E-state index contributed by atoms with van der Waals surface area (Å²) in [6.07, 6.45) is 5.35. The van der Waals surface area contributed by atoms with Crippen LogP contribution < -0.4 is 17.0 Å². The predicted molar refractivity (Wildman–Crippen MR) is 57.0 cm³/mol. The highest BCUT2D eigenvalue weighted by Crippen LogP contribution is 2.46. The Kier molecular flexibility index (Phi) is 2.29. The molecule has 0 aromatic carbocycles. The third-order valence-corrected chi connectivity index (χ3v) is 3.16. The van der Waals surface area contributed by atoms with Crippen molar-refractivity contribution in [1.82, 2.24) is 5.43 Å². The summed E-state index contributed by atoms with van der Waals surface area (Å²) in [6, 6.07) is 0. The minimum absolute atomic E-state index is 0.506. The Morgan fingerprint density at radius 2 is 2.21 bits per heavy atom. The molecule has 0 aromatic rings. The summed E-state index contributed by atoms with van der Waals surface area (Å²) in [7, 11) is 0. The van der Waals surface area contributed by atoms with E-state index >= 15 is 0 Å². The van der Waals surface area contributed by atoms with Crippen molar-refractivity contribution < 1.29 is 0 Å². The Labute approximate surface area is 83.7 Å². The Bertz CT molecular complexity index is 316. The van der Waals surface area contributed by atoms with Crippen molar-refractivity contribution in [3.63, 3.8) is 0 Å². The Hall–Kier alpha value is -1.29. The van der Waals surface area contributed by atoms with Crippen molar-refractivity contribution in [1.29, 1.82) is 0 Å². The van der Waals surface area contributed by atoms with E-state index in [1.54, 1.807) is 6.20 Å². The molecule has 76 valence electrons. The smallest absolute Gasteiger partial charge is 0.132 e. The lowest BCUT2D eigenvalue weighted by Gasteiger charge is -2.15. The highest BCUT2D eigenvalue weighted by Gasteiger charge is 2.40. The number of nitrogens with two attached hydrogens (primary N) is 2. The number of allylic oxidation sites excluding steroid dienone is 1. The molecule has 2 aliphatic carbocycles. The maximum absolute atomic E-state index is 5.60.